The highest BCUT2D eigenvalue weighted by molar-refractivity contribution is 7.90. The van der Waals surface area contributed by atoms with Crippen molar-refractivity contribution >= 4 is 33.6 Å². The van der Waals surface area contributed by atoms with Crippen LogP contribution in [0.3, 0.4) is 0 Å². The van der Waals surface area contributed by atoms with Gasteiger partial charge in [-0.05, 0) is 30.7 Å². The number of nitrogens with one attached hydrogen (secondary N) is 1. The SMILES string of the molecule is CCCCCCCCCCCCCCCCCC(=O)NS(=O)(=O)c1ccc(N)cc1.O=C(O)CCC(=O)O. The Morgan fingerprint density at radius 1 is 0.658 bits per heavy atom. The van der Waals surface area contributed by atoms with Gasteiger partial charge in [-0.3, -0.25) is 14.4 Å². The van der Waals surface area contributed by atoms with E-state index in [1.807, 2.05) is 0 Å². The molecule has 0 fully saturated rings. The van der Waals surface area contributed by atoms with Crippen molar-refractivity contribution in [2.75, 3.05) is 5.73 Å². The van der Waals surface area contributed by atoms with Gasteiger partial charge in [0.25, 0.3) is 10.0 Å². The Bertz CT molecular complexity index is 873. The number of anilines is 1. The van der Waals surface area contributed by atoms with Gasteiger partial charge in [0, 0.05) is 12.1 Å². The lowest BCUT2D eigenvalue weighted by atomic mass is 10.0. The molecule has 0 aliphatic heterocycles. The number of carboxylic acids is 2. The topological polar surface area (TPSA) is 164 Å². The molecule has 0 unspecified atom stereocenters. The summed E-state index contributed by atoms with van der Waals surface area (Å²) < 4.78 is 26.4. The van der Waals surface area contributed by atoms with E-state index in [4.69, 9.17) is 15.9 Å². The molecule has 10 heteroatoms. The molecule has 0 saturated heterocycles. The minimum Gasteiger partial charge on any atom is -0.481 e. The molecule has 1 aromatic rings. The molecule has 5 N–H and O–H groups in total. The van der Waals surface area contributed by atoms with Crippen molar-refractivity contribution in [3.8, 4) is 0 Å². The predicted molar refractivity (Wildman–Crippen MR) is 150 cm³/mol. The molecule has 0 aromatic heterocycles. The molecular weight excluding hydrogens is 508 g/mol. The summed E-state index contributed by atoms with van der Waals surface area (Å²) in [6.07, 6.45) is 18.6. The first-order chi connectivity index (χ1) is 18.1. The van der Waals surface area contributed by atoms with Crippen molar-refractivity contribution in [1.82, 2.24) is 4.72 Å². The largest absolute Gasteiger partial charge is 0.481 e. The molecule has 1 aromatic carbocycles. The Hall–Kier alpha value is -2.62. The van der Waals surface area contributed by atoms with Crippen LogP contribution < -0.4 is 10.5 Å². The van der Waals surface area contributed by atoms with E-state index in [2.05, 4.69) is 11.6 Å². The number of hydrogen-bond acceptors (Lipinski definition) is 6. The standard InChI is InChI=1S/C24H42N2O3S.C4H6O4/c1-2-3-4-5-6-7-8-9-10-11-12-13-14-15-16-17-24(27)26-30(28,29)23-20-18-22(25)19-21-23;5-3(6)1-2-4(7)8/h18-21H,2-17,25H2,1H3,(H,26,27);1-2H2,(H,5,6)(H,7,8). The molecule has 1 rings (SSSR count). The number of amides is 1. The van der Waals surface area contributed by atoms with E-state index in [0.717, 1.165) is 19.3 Å². The summed E-state index contributed by atoms with van der Waals surface area (Å²) in [5.41, 5.74) is 6.04. The average Bonchev–Trinajstić information content (AvgIpc) is 2.85. The van der Waals surface area contributed by atoms with Gasteiger partial charge in [0.2, 0.25) is 5.91 Å². The van der Waals surface area contributed by atoms with Crippen LogP contribution in [0.25, 0.3) is 0 Å². The monoisotopic (exact) mass is 556 g/mol. The number of hydrogen-bond donors (Lipinski definition) is 4. The van der Waals surface area contributed by atoms with Crippen LogP contribution in [0, 0.1) is 0 Å². The van der Waals surface area contributed by atoms with Crippen LogP contribution in [0.2, 0.25) is 0 Å². The molecule has 0 saturated carbocycles. The maximum Gasteiger partial charge on any atom is 0.303 e. The van der Waals surface area contributed by atoms with E-state index in [9.17, 15) is 22.8 Å². The smallest absolute Gasteiger partial charge is 0.303 e. The first kappa shape index (κ1) is 35.4. The zero-order valence-electron chi connectivity index (χ0n) is 23.0. The number of nitrogen functional groups attached to an aromatic ring is 1. The van der Waals surface area contributed by atoms with Crippen molar-refractivity contribution in [3.63, 3.8) is 0 Å². The normalized spacial score (nSPS) is 10.9. The van der Waals surface area contributed by atoms with Crippen molar-refractivity contribution in [2.45, 2.75) is 127 Å². The fraction of sp³-hybridized carbons (Fsp3) is 0.679. The quantitative estimate of drug-likeness (QED) is 0.102. The fourth-order valence-electron chi connectivity index (χ4n) is 3.78. The van der Waals surface area contributed by atoms with Gasteiger partial charge < -0.3 is 15.9 Å². The van der Waals surface area contributed by atoms with E-state index >= 15 is 0 Å². The van der Waals surface area contributed by atoms with Gasteiger partial charge in [-0.1, -0.05) is 96.8 Å². The Labute approximate surface area is 228 Å². The highest BCUT2D eigenvalue weighted by Gasteiger charge is 2.16. The summed E-state index contributed by atoms with van der Waals surface area (Å²) in [6, 6.07) is 5.82. The van der Waals surface area contributed by atoms with Gasteiger partial charge in [0.1, 0.15) is 0 Å². The Kier molecular flexibility index (Phi) is 20.8. The molecule has 0 aliphatic rings. The second-order valence-corrected chi connectivity index (χ2v) is 11.3. The number of unbranched alkanes of at least 4 members (excludes halogenated alkanes) is 14. The molecular formula is C28H48N2O7S. The van der Waals surface area contributed by atoms with E-state index < -0.39 is 27.9 Å². The summed E-state index contributed by atoms with van der Waals surface area (Å²) in [4.78, 5) is 31.3. The highest BCUT2D eigenvalue weighted by atomic mass is 32.2. The van der Waals surface area contributed by atoms with Crippen LogP contribution >= 0.6 is 0 Å². The van der Waals surface area contributed by atoms with Gasteiger partial charge in [0.05, 0.1) is 17.7 Å². The average molecular weight is 557 g/mol. The molecule has 38 heavy (non-hydrogen) atoms. The molecule has 0 radical (unpaired) electrons. The number of nitrogens with two attached hydrogens (primary N) is 1. The van der Waals surface area contributed by atoms with Crippen molar-refractivity contribution in [2.24, 2.45) is 0 Å². The van der Waals surface area contributed by atoms with Gasteiger partial charge in [-0.15, -0.1) is 0 Å². The van der Waals surface area contributed by atoms with Crippen LogP contribution in [0.5, 0.6) is 0 Å². The minimum atomic E-state index is -3.80. The van der Waals surface area contributed by atoms with Crippen LogP contribution in [-0.4, -0.2) is 36.5 Å². The number of aliphatic carboxylic acids is 2. The Balaban J connectivity index is 0.00000147. The second-order valence-electron chi connectivity index (χ2n) is 9.58. The van der Waals surface area contributed by atoms with Crippen LogP contribution in [0.15, 0.2) is 29.2 Å². The number of carbonyl (C=O) groups excluding carboxylic acids is 1. The fourth-order valence-corrected chi connectivity index (χ4v) is 4.79. The summed E-state index contributed by atoms with van der Waals surface area (Å²) in [6.45, 7) is 2.26. The Morgan fingerprint density at radius 2 is 1.03 bits per heavy atom. The number of benzene rings is 1. The van der Waals surface area contributed by atoms with Crippen molar-refractivity contribution in [1.29, 1.82) is 0 Å². The van der Waals surface area contributed by atoms with E-state index in [0.29, 0.717) is 5.69 Å². The Morgan fingerprint density at radius 3 is 1.39 bits per heavy atom. The number of rotatable bonds is 21. The van der Waals surface area contributed by atoms with Crippen molar-refractivity contribution in [3.05, 3.63) is 24.3 Å². The van der Waals surface area contributed by atoms with Crippen LogP contribution in [-0.2, 0) is 24.4 Å². The van der Waals surface area contributed by atoms with E-state index in [1.165, 1.54) is 101 Å². The zero-order valence-corrected chi connectivity index (χ0v) is 23.8. The third kappa shape index (κ3) is 21.5. The van der Waals surface area contributed by atoms with Gasteiger partial charge in [0.15, 0.2) is 0 Å². The van der Waals surface area contributed by atoms with E-state index in [1.54, 1.807) is 0 Å². The van der Waals surface area contributed by atoms with Crippen LogP contribution in [0.1, 0.15) is 122 Å². The van der Waals surface area contributed by atoms with Gasteiger partial charge >= 0.3 is 11.9 Å². The summed E-state index contributed by atoms with van der Waals surface area (Å²) in [5.74, 6) is -2.60. The molecule has 0 bridgehead atoms. The maximum absolute atomic E-state index is 12.1. The molecule has 0 spiro atoms. The van der Waals surface area contributed by atoms with Gasteiger partial charge in [-0.2, -0.15) is 0 Å². The number of carboxylic acid groups (broad SMARTS) is 2. The number of carbonyl (C=O) groups is 3. The van der Waals surface area contributed by atoms with Crippen LogP contribution in [0.4, 0.5) is 5.69 Å². The van der Waals surface area contributed by atoms with Gasteiger partial charge in [-0.25, -0.2) is 13.1 Å². The molecule has 0 heterocycles. The third-order valence-corrected chi connectivity index (χ3v) is 7.39. The lowest BCUT2D eigenvalue weighted by Gasteiger charge is -2.07. The molecule has 0 atom stereocenters. The molecule has 9 nitrogen and oxygen atoms in total. The minimum absolute atomic E-state index is 0.0570. The third-order valence-electron chi connectivity index (χ3n) is 6.00. The molecule has 218 valence electrons. The summed E-state index contributed by atoms with van der Waals surface area (Å²) in [7, 11) is -3.80. The first-order valence-electron chi connectivity index (χ1n) is 13.9. The number of sulfonamides is 1. The summed E-state index contributed by atoms with van der Waals surface area (Å²) in [5, 5.41) is 15.8. The lowest BCUT2D eigenvalue weighted by Crippen LogP contribution is -2.30. The predicted octanol–water partition coefficient (Wildman–Crippen LogP) is 6.27. The summed E-state index contributed by atoms with van der Waals surface area (Å²) >= 11 is 0. The highest BCUT2D eigenvalue weighted by Crippen LogP contribution is 2.14. The maximum atomic E-state index is 12.1. The van der Waals surface area contributed by atoms with E-state index in [-0.39, 0.29) is 24.2 Å². The van der Waals surface area contributed by atoms with Crippen molar-refractivity contribution < 1.29 is 33.0 Å². The zero-order chi connectivity index (χ0) is 28.7. The first-order valence-corrected chi connectivity index (χ1v) is 15.4. The molecule has 0 aliphatic carbocycles. The second kappa shape index (κ2) is 22.4. The molecule has 1 amide bonds. The lowest BCUT2D eigenvalue weighted by molar-refractivity contribution is -0.143.